The fraction of sp³-hybridized carbons (Fsp3) is 0.542. The number of amides is 2. The summed E-state index contributed by atoms with van der Waals surface area (Å²) in [7, 11) is 0. The Bertz CT molecular complexity index is 1050. The molecule has 0 fully saturated rings. The molecule has 0 aromatic heterocycles. The molecule has 0 saturated carbocycles. The number of nitrogens with one attached hydrogen (secondary N) is 1. The molecule has 1 aromatic carbocycles. The van der Waals surface area contributed by atoms with Gasteiger partial charge in [-0.15, -0.1) is 0 Å². The summed E-state index contributed by atoms with van der Waals surface area (Å²) >= 11 is 0. The maximum atomic E-state index is 14.7. The largest absolute Gasteiger partial charge is 0.425 e. The Balaban J connectivity index is 2.33. The zero-order valence-corrected chi connectivity index (χ0v) is 19.5. The number of hydrogen-bond acceptors (Lipinski definition) is 3. The predicted octanol–water partition coefficient (Wildman–Crippen LogP) is 4.76. The van der Waals surface area contributed by atoms with E-state index in [-0.39, 0.29) is 24.2 Å². The second-order valence-corrected chi connectivity index (χ2v) is 10.6. The van der Waals surface area contributed by atoms with Crippen LogP contribution < -0.4 is 10.2 Å². The van der Waals surface area contributed by atoms with Gasteiger partial charge >= 0.3 is 6.18 Å². The van der Waals surface area contributed by atoms with Gasteiger partial charge in [0.15, 0.2) is 5.78 Å². The number of rotatable bonds is 2. The highest BCUT2D eigenvalue weighted by molar-refractivity contribution is 6.20. The van der Waals surface area contributed by atoms with E-state index in [2.05, 4.69) is 0 Å². The fourth-order valence-corrected chi connectivity index (χ4v) is 4.25. The maximum Gasteiger partial charge on any atom is 0.425 e. The minimum atomic E-state index is -5.21. The third-order valence-corrected chi connectivity index (χ3v) is 6.18. The fourth-order valence-electron chi connectivity index (χ4n) is 4.25. The molecule has 1 atom stereocenters. The van der Waals surface area contributed by atoms with Crippen LogP contribution in [0.3, 0.4) is 0 Å². The van der Waals surface area contributed by atoms with Crippen LogP contribution in [0.15, 0.2) is 29.5 Å². The summed E-state index contributed by atoms with van der Waals surface area (Å²) in [6.07, 6.45) is -5.27. The number of allylic oxidation sites excluding steroid dienone is 1. The van der Waals surface area contributed by atoms with Crippen molar-refractivity contribution in [3.63, 3.8) is 0 Å². The highest BCUT2D eigenvalue weighted by Gasteiger charge is 2.72. The average molecular weight is 451 g/mol. The Morgan fingerprint density at radius 2 is 1.62 bits per heavy atom. The van der Waals surface area contributed by atoms with Crippen LogP contribution in [0, 0.1) is 24.7 Å². The van der Waals surface area contributed by atoms with Crippen LogP contribution in [-0.2, 0) is 14.4 Å². The van der Waals surface area contributed by atoms with Crippen LogP contribution in [0.5, 0.6) is 0 Å². The molecule has 1 aromatic rings. The van der Waals surface area contributed by atoms with Crippen molar-refractivity contribution in [1.29, 1.82) is 0 Å². The van der Waals surface area contributed by atoms with Crippen molar-refractivity contribution in [1.82, 2.24) is 5.32 Å². The Hall–Kier alpha value is -2.64. The van der Waals surface area contributed by atoms with Crippen LogP contribution >= 0.6 is 0 Å². The molecule has 0 radical (unpaired) electrons. The van der Waals surface area contributed by atoms with Gasteiger partial charge in [-0.25, -0.2) is 0 Å². The second-order valence-electron chi connectivity index (χ2n) is 10.6. The van der Waals surface area contributed by atoms with Crippen LogP contribution in [0.2, 0.25) is 0 Å². The van der Waals surface area contributed by atoms with Crippen LogP contribution in [0.4, 0.5) is 18.9 Å². The molecule has 32 heavy (non-hydrogen) atoms. The molecule has 1 unspecified atom stereocenters. The Morgan fingerprint density at radius 1 is 1.03 bits per heavy atom. The van der Waals surface area contributed by atoms with Crippen molar-refractivity contribution >= 4 is 23.3 Å². The zero-order chi connectivity index (χ0) is 24.4. The summed E-state index contributed by atoms with van der Waals surface area (Å²) in [6, 6.07) is 4.91. The molecule has 1 heterocycles. The van der Waals surface area contributed by atoms with Gasteiger partial charge in [-0.3, -0.25) is 19.3 Å². The Kier molecular flexibility index (Phi) is 5.39. The Morgan fingerprint density at radius 3 is 2.12 bits per heavy atom. The minimum Gasteiger partial charge on any atom is -0.330 e. The molecule has 0 bridgehead atoms. The number of hydrogen-bond donors (Lipinski definition) is 1. The first kappa shape index (κ1) is 24.0. The Labute approximate surface area is 186 Å². The first-order valence-electron chi connectivity index (χ1n) is 10.5. The summed E-state index contributed by atoms with van der Waals surface area (Å²) in [6.45, 7) is 11.6. The molecular weight excluding hydrogens is 421 g/mol. The van der Waals surface area contributed by atoms with Crippen molar-refractivity contribution in [3.05, 3.63) is 40.6 Å². The number of anilines is 1. The van der Waals surface area contributed by atoms with E-state index in [4.69, 9.17) is 0 Å². The number of halogens is 3. The van der Waals surface area contributed by atoms with Gasteiger partial charge in [-0.05, 0) is 48.9 Å². The number of Topliss-reactive ketones (excluding diaryl/α,β-unsaturated/α-hetero) is 1. The van der Waals surface area contributed by atoms with Gasteiger partial charge in [0.05, 0.1) is 5.57 Å². The van der Waals surface area contributed by atoms with Gasteiger partial charge in [0, 0.05) is 23.2 Å². The lowest BCUT2D eigenvalue weighted by atomic mass is 9.72. The van der Waals surface area contributed by atoms with E-state index >= 15 is 0 Å². The van der Waals surface area contributed by atoms with E-state index in [1.807, 2.05) is 12.2 Å². The van der Waals surface area contributed by atoms with Gasteiger partial charge in [-0.1, -0.05) is 40.7 Å². The molecule has 2 aliphatic rings. The summed E-state index contributed by atoms with van der Waals surface area (Å²) in [5, 5.41) is 1.97. The third-order valence-electron chi connectivity index (χ3n) is 6.18. The molecule has 1 aliphatic carbocycles. The standard InChI is InChI=1S/C24H29F3N2O3/c1-13-8-9-15(10-14(13)2)29-16-11-22(6,7)12-17(30)18(16)23(20(29)32,24(25,26)27)28-19(31)21(3,4)5/h8-10H,11-12H2,1-7H3,(H,28,31). The van der Waals surface area contributed by atoms with Gasteiger partial charge < -0.3 is 5.32 Å². The van der Waals surface area contributed by atoms with Crippen molar-refractivity contribution in [2.75, 3.05) is 4.90 Å². The van der Waals surface area contributed by atoms with E-state index in [0.29, 0.717) is 0 Å². The lowest BCUT2D eigenvalue weighted by molar-refractivity contribution is -0.191. The molecule has 0 spiro atoms. The van der Waals surface area contributed by atoms with E-state index in [1.54, 1.807) is 39.0 Å². The van der Waals surface area contributed by atoms with Gasteiger partial charge in [-0.2, -0.15) is 13.2 Å². The van der Waals surface area contributed by atoms with Crippen molar-refractivity contribution in [3.8, 4) is 0 Å². The van der Waals surface area contributed by atoms with Gasteiger partial charge in [0.2, 0.25) is 11.4 Å². The summed E-state index contributed by atoms with van der Waals surface area (Å²) < 4.78 is 44.2. The predicted molar refractivity (Wildman–Crippen MR) is 115 cm³/mol. The molecular formula is C24H29F3N2O3. The van der Waals surface area contributed by atoms with Crippen molar-refractivity contribution in [2.45, 2.75) is 73.0 Å². The number of carbonyl (C=O) groups is 3. The minimum absolute atomic E-state index is 0.00559. The smallest absolute Gasteiger partial charge is 0.330 e. The number of benzene rings is 1. The lowest BCUT2D eigenvalue weighted by Crippen LogP contribution is -2.67. The van der Waals surface area contributed by atoms with E-state index in [1.165, 1.54) is 20.8 Å². The molecule has 1 N–H and O–H groups in total. The quantitative estimate of drug-likeness (QED) is 0.707. The monoisotopic (exact) mass is 450 g/mol. The molecule has 0 saturated heterocycles. The average Bonchev–Trinajstić information content (AvgIpc) is 2.84. The summed E-state index contributed by atoms with van der Waals surface area (Å²) in [4.78, 5) is 40.5. The van der Waals surface area contributed by atoms with Gasteiger partial charge in [0.25, 0.3) is 5.91 Å². The van der Waals surface area contributed by atoms with Crippen molar-refractivity contribution < 1.29 is 27.6 Å². The van der Waals surface area contributed by atoms with E-state index in [9.17, 15) is 27.6 Å². The topological polar surface area (TPSA) is 66.5 Å². The molecule has 3 rings (SSSR count). The lowest BCUT2D eigenvalue weighted by Gasteiger charge is -2.37. The zero-order valence-electron chi connectivity index (χ0n) is 19.5. The normalized spacial score (nSPS) is 23.5. The molecule has 2 amide bonds. The summed E-state index contributed by atoms with van der Waals surface area (Å²) in [5.74, 6) is -3.11. The molecule has 174 valence electrons. The van der Waals surface area contributed by atoms with Gasteiger partial charge in [0.1, 0.15) is 0 Å². The molecule has 8 heteroatoms. The first-order chi connectivity index (χ1) is 14.4. The molecule has 1 aliphatic heterocycles. The van der Waals surface area contributed by atoms with Crippen molar-refractivity contribution in [2.24, 2.45) is 10.8 Å². The SMILES string of the molecule is Cc1ccc(N2C(=O)C(NC(=O)C(C)(C)C)(C(F)(F)F)C3=C2CC(C)(C)CC3=O)cc1C. The van der Waals surface area contributed by atoms with Crippen LogP contribution in [0.25, 0.3) is 0 Å². The summed E-state index contributed by atoms with van der Waals surface area (Å²) in [5.41, 5.74) is -3.96. The van der Waals surface area contributed by atoms with Crippen LogP contribution in [0.1, 0.15) is 58.6 Å². The second kappa shape index (κ2) is 7.18. The third kappa shape index (κ3) is 3.63. The number of ketones is 1. The van der Waals surface area contributed by atoms with Crippen LogP contribution in [-0.4, -0.2) is 29.3 Å². The first-order valence-corrected chi connectivity index (χ1v) is 10.5. The maximum absolute atomic E-state index is 14.7. The van der Waals surface area contributed by atoms with E-state index in [0.717, 1.165) is 16.0 Å². The highest BCUT2D eigenvalue weighted by atomic mass is 19.4. The number of nitrogens with zero attached hydrogens (tertiary/aromatic N) is 1. The highest BCUT2D eigenvalue weighted by Crippen LogP contribution is 2.53. The molecule has 5 nitrogen and oxygen atoms in total. The number of carbonyl (C=O) groups excluding carboxylic acids is 3. The number of alkyl halides is 3. The van der Waals surface area contributed by atoms with E-state index < -0.39 is 45.7 Å². The number of aryl methyl sites for hydroxylation is 2.